The number of aromatic nitrogens is 1. The Morgan fingerprint density at radius 1 is 1.50 bits per heavy atom. The number of pyridine rings is 1. The van der Waals surface area contributed by atoms with E-state index in [-0.39, 0.29) is 5.56 Å². The van der Waals surface area contributed by atoms with Crippen LogP contribution in [0.25, 0.3) is 0 Å². The van der Waals surface area contributed by atoms with Crippen molar-refractivity contribution in [3.63, 3.8) is 0 Å². The van der Waals surface area contributed by atoms with Gasteiger partial charge < -0.3 is 15.7 Å². The van der Waals surface area contributed by atoms with Crippen LogP contribution in [0.3, 0.4) is 0 Å². The Kier molecular flexibility index (Phi) is 3.36. The number of hydrogen-bond donors (Lipinski definition) is 3. The van der Waals surface area contributed by atoms with Crippen LogP contribution in [0.4, 0.5) is 5.82 Å². The first kappa shape index (κ1) is 10.9. The molecule has 0 aromatic carbocycles. The molecule has 0 amide bonds. The summed E-state index contributed by atoms with van der Waals surface area (Å²) in [6.45, 7) is 1.93. The minimum Gasteiger partial charge on any atom is -0.478 e. The lowest BCUT2D eigenvalue weighted by atomic mass is 10.1. The fraction of sp³-hybridized carbons (Fsp3) is 0.455. The van der Waals surface area contributed by atoms with Gasteiger partial charge in [0.1, 0.15) is 11.4 Å². The first-order chi connectivity index (χ1) is 7.77. The summed E-state index contributed by atoms with van der Waals surface area (Å²) < 4.78 is 0. The van der Waals surface area contributed by atoms with Gasteiger partial charge in [0.25, 0.3) is 0 Å². The number of hydrogen-bond acceptors (Lipinski definition) is 4. The highest BCUT2D eigenvalue weighted by Gasteiger charge is 2.16. The van der Waals surface area contributed by atoms with E-state index in [0.29, 0.717) is 11.9 Å². The molecule has 1 aliphatic heterocycles. The van der Waals surface area contributed by atoms with Gasteiger partial charge in [-0.25, -0.2) is 9.78 Å². The molecule has 1 fully saturated rings. The first-order valence-corrected chi connectivity index (χ1v) is 5.43. The third-order valence-corrected chi connectivity index (χ3v) is 2.72. The van der Waals surface area contributed by atoms with E-state index in [1.54, 1.807) is 18.3 Å². The number of carboxylic acid groups (broad SMARTS) is 1. The summed E-state index contributed by atoms with van der Waals surface area (Å²) in [5.74, 6) is -0.466. The van der Waals surface area contributed by atoms with Gasteiger partial charge in [-0.05, 0) is 38.1 Å². The SMILES string of the molecule is O=C(O)c1cccnc1NC1CCNCC1. The molecule has 0 aliphatic carbocycles. The average Bonchev–Trinajstić information content (AvgIpc) is 2.31. The highest BCUT2D eigenvalue weighted by atomic mass is 16.4. The Balaban J connectivity index is 2.10. The third-order valence-electron chi connectivity index (χ3n) is 2.72. The summed E-state index contributed by atoms with van der Waals surface area (Å²) >= 11 is 0. The maximum atomic E-state index is 11.0. The largest absolute Gasteiger partial charge is 0.478 e. The van der Waals surface area contributed by atoms with Gasteiger partial charge in [-0.15, -0.1) is 0 Å². The molecule has 3 N–H and O–H groups in total. The molecule has 1 aromatic heterocycles. The van der Waals surface area contributed by atoms with E-state index in [2.05, 4.69) is 15.6 Å². The van der Waals surface area contributed by atoms with Crippen LogP contribution in [-0.4, -0.2) is 35.2 Å². The van der Waals surface area contributed by atoms with Gasteiger partial charge in [0.05, 0.1) is 0 Å². The molecule has 0 bridgehead atoms. The third kappa shape index (κ3) is 2.49. The van der Waals surface area contributed by atoms with E-state index >= 15 is 0 Å². The van der Waals surface area contributed by atoms with Crippen molar-refractivity contribution in [2.24, 2.45) is 0 Å². The molecule has 0 atom stereocenters. The van der Waals surface area contributed by atoms with Crippen LogP contribution in [0.2, 0.25) is 0 Å². The highest BCUT2D eigenvalue weighted by molar-refractivity contribution is 5.93. The quantitative estimate of drug-likeness (QED) is 0.708. The Labute approximate surface area is 93.9 Å². The summed E-state index contributed by atoms with van der Waals surface area (Å²) in [5.41, 5.74) is 0.237. The number of piperidine rings is 1. The monoisotopic (exact) mass is 221 g/mol. The van der Waals surface area contributed by atoms with E-state index in [1.807, 2.05) is 0 Å². The molecule has 86 valence electrons. The van der Waals surface area contributed by atoms with Crippen LogP contribution in [0.5, 0.6) is 0 Å². The van der Waals surface area contributed by atoms with E-state index < -0.39 is 5.97 Å². The molecule has 0 radical (unpaired) electrons. The zero-order chi connectivity index (χ0) is 11.4. The van der Waals surface area contributed by atoms with Crippen LogP contribution in [-0.2, 0) is 0 Å². The number of carboxylic acids is 1. The number of anilines is 1. The second kappa shape index (κ2) is 4.94. The Morgan fingerprint density at radius 3 is 2.94 bits per heavy atom. The lowest BCUT2D eigenvalue weighted by molar-refractivity contribution is 0.0697. The summed E-state index contributed by atoms with van der Waals surface area (Å²) in [7, 11) is 0. The van der Waals surface area contributed by atoms with Crippen molar-refractivity contribution in [1.29, 1.82) is 0 Å². The predicted molar refractivity (Wildman–Crippen MR) is 60.7 cm³/mol. The zero-order valence-electron chi connectivity index (χ0n) is 8.94. The van der Waals surface area contributed by atoms with Crippen molar-refractivity contribution < 1.29 is 9.90 Å². The molecule has 2 heterocycles. The number of carbonyl (C=O) groups is 1. The lowest BCUT2D eigenvalue weighted by Crippen LogP contribution is -2.35. The zero-order valence-corrected chi connectivity index (χ0v) is 8.94. The summed E-state index contributed by atoms with van der Waals surface area (Å²) in [4.78, 5) is 15.1. The molecule has 0 saturated carbocycles. The topological polar surface area (TPSA) is 74.2 Å². The number of rotatable bonds is 3. The van der Waals surface area contributed by atoms with Crippen molar-refractivity contribution in [2.75, 3.05) is 18.4 Å². The van der Waals surface area contributed by atoms with Gasteiger partial charge in [-0.1, -0.05) is 0 Å². The molecule has 1 aliphatic rings. The predicted octanol–water partition coefficient (Wildman–Crippen LogP) is 0.944. The van der Waals surface area contributed by atoms with Crippen molar-refractivity contribution in [3.05, 3.63) is 23.9 Å². The molecular weight excluding hydrogens is 206 g/mol. The first-order valence-electron chi connectivity index (χ1n) is 5.43. The van der Waals surface area contributed by atoms with Crippen LogP contribution in [0.1, 0.15) is 23.2 Å². The summed E-state index contributed by atoms with van der Waals surface area (Å²) in [6.07, 6.45) is 3.60. The van der Waals surface area contributed by atoms with Crippen LogP contribution >= 0.6 is 0 Å². The number of aromatic carboxylic acids is 1. The second-order valence-corrected chi connectivity index (χ2v) is 3.87. The van der Waals surface area contributed by atoms with E-state index in [9.17, 15) is 4.79 Å². The fourth-order valence-electron chi connectivity index (χ4n) is 1.85. The molecule has 5 heteroatoms. The van der Waals surface area contributed by atoms with Gasteiger partial charge in [-0.2, -0.15) is 0 Å². The normalized spacial score (nSPS) is 17.0. The molecule has 2 rings (SSSR count). The van der Waals surface area contributed by atoms with E-state index in [1.165, 1.54) is 0 Å². The molecule has 0 unspecified atom stereocenters. The average molecular weight is 221 g/mol. The minimum absolute atomic E-state index is 0.237. The lowest BCUT2D eigenvalue weighted by Gasteiger charge is -2.24. The standard InChI is InChI=1S/C11H15N3O2/c15-11(16)9-2-1-5-13-10(9)14-8-3-6-12-7-4-8/h1-2,5,8,12H,3-4,6-7H2,(H,13,14)(H,15,16). The van der Waals surface area contributed by atoms with E-state index in [0.717, 1.165) is 25.9 Å². The molecule has 5 nitrogen and oxygen atoms in total. The molecular formula is C11H15N3O2. The van der Waals surface area contributed by atoms with Crippen molar-refractivity contribution in [3.8, 4) is 0 Å². The maximum absolute atomic E-state index is 11.0. The number of nitrogens with one attached hydrogen (secondary N) is 2. The molecule has 0 spiro atoms. The van der Waals surface area contributed by atoms with E-state index in [4.69, 9.17) is 5.11 Å². The van der Waals surface area contributed by atoms with Gasteiger partial charge in [0.2, 0.25) is 0 Å². The maximum Gasteiger partial charge on any atom is 0.339 e. The van der Waals surface area contributed by atoms with Crippen LogP contribution in [0.15, 0.2) is 18.3 Å². The Hall–Kier alpha value is -1.62. The van der Waals surface area contributed by atoms with Crippen molar-refractivity contribution >= 4 is 11.8 Å². The Bertz CT molecular complexity index is 375. The van der Waals surface area contributed by atoms with Gasteiger partial charge in [0.15, 0.2) is 0 Å². The minimum atomic E-state index is -0.940. The summed E-state index contributed by atoms with van der Waals surface area (Å²) in [6, 6.07) is 3.52. The number of nitrogens with zero attached hydrogens (tertiary/aromatic N) is 1. The van der Waals surface area contributed by atoms with Gasteiger partial charge in [0, 0.05) is 12.2 Å². The Morgan fingerprint density at radius 2 is 2.25 bits per heavy atom. The van der Waals surface area contributed by atoms with Crippen LogP contribution in [0, 0.1) is 0 Å². The highest BCUT2D eigenvalue weighted by Crippen LogP contribution is 2.15. The summed E-state index contributed by atoms with van der Waals surface area (Å²) in [5, 5.41) is 15.5. The van der Waals surface area contributed by atoms with Crippen LogP contribution < -0.4 is 10.6 Å². The smallest absolute Gasteiger partial charge is 0.339 e. The van der Waals surface area contributed by atoms with Crippen molar-refractivity contribution in [2.45, 2.75) is 18.9 Å². The fourth-order valence-corrected chi connectivity index (χ4v) is 1.85. The van der Waals surface area contributed by atoms with Gasteiger partial charge in [-0.3, -0.25) is 0 Å². The molecule has 16 heavy (non-hydrogen) atoms. The molecule has 1 aromatic rings. The van der Waals surface area contributed by atoms with Gasteiger partial charge >= 0.3 is 5.97 Å². The second-order valence-electron chi connectivity index (χ2n) is 3.87. The molecule has 1 saturated heterocycles. The van der Waals surface area contributed by atoms with Crippen molar-refractivity contribution in [1.82, 2.24) is 10.3 Å².